The second-order valence-electron chi connectivity index (χ2n) is 8.81. The summed E-state index contributed by atoms with van der Waals surface area (Å²) in [5.41, 5.74) is 2.22. The predicted octanol–water partition coefficient (Wildman–Crippen LogP) is 3.41. The highest BCUT2D eigenvalue weighted by atomic mass is 32.1. The molecule has 1 aromatic heterocycles. The standard InChI is InChI=1S/C25H33N3O4S/c1-18-8-15-33-24(18)25(30)28-9-6-21(7-10-28)32-23-16-20(4-5-22(23)31-3)17-26-11-13-27(14-12-26)19(2)29/h4-5,8,15-16,21H,6-7,9-14,17H2,1-3H3. The van der Waals surface area contributed by atoms with E-state index in [1.807, 2.05) is 34.2 Å². The zero-order valence-corrected chi connectivity index (χ0v) is 20.5. The van der Waals surface area contributed by atoms with E-state index < -0.39 is 0 Å². The minimum absolute atomic E-state index is 0.0572. The Labute approximate surface area is 199 Å². The van der Waals surface area contributed by atoms with Gasteiger partial charge in [0.15, 0.2) is 11.5 Å². The summed E-state index contributed by atoms with van der Waals surface area (Å²) in [6.45, 7) is 9.13. The van der Waals surface area contributed by atoms with Gasteiger partial charge in [0.1, 0.15) is 6.10 Å². The van der Waals surface area contributed by atoms with Crippen LogP contribution in [0.5, 0.6) is 11.5 Å². The number of benzene rings is 1. The molecule has 2 aromatic rings. The lowest BCUT2D eigenvalue weighted by Crippen LogP contribution is -2.47. The molecule has 178 valence electrons. The van der Waals surface area contributed by atoms with Crippen molar-refractivity contribution in [3.8, 4) is 11.5 Å². The summed E-state index contributed by atoms with van der Waals surface area (Å²) in [6.07, 6.45) is 1.66. The third-order valence-corrected chi connectivity index (χ3v) is 7.54. The van der Waals surface area contributed by atoms with E-state index >= 15 is 0 Å². The van der Waals surface area contributed by atoms with Crippen LogP contribution in [0.1, 0.15) is 40.6 Å². The number of piperidine rings is 1. The number of carbonyl (C=O) groups excluding carboxylic acids is 2. The third-order valence-electron chi connectivity index (χ3n) is 6.53. The topological polar surface area (TPSA) is 62.3 Å². The highest BCUT2D eigenvalue weighted by Crippen LogP contribution is 2.32. The average Bonchev–Trinajstić information content (AvgIpc) is 3.25. The van der Waals surface area contributed by atoms with Gasteiger partial charge in [-0.3, -0.25) is 14.5 Å². The molecule has 1 aromatic carbocycles. The van der Waals surface area contributed by atoms with Gasteiger partial charge in [0.25, 0.3) is 5.91 Å². The SMILES string of the molecule is COc1ccc(CN2CCN(C(C)=O)CC2)cc1OC1CCN(C(=O)c2sccc2C)CC1. The number of hydrogen-bond donors (Lipinski definition) is 0. The van der Waals surface area contributed by atoms with E-state index in [1.54, 1.807) is 14.0 Å². The Morgan fingerprint density at radius 2 is 1.73 bits per heavy atom. The number of methoxy groups -OCH3 is 1. The molecule has 0 N–H and O–H groups in total. The summed E-state index contributed by atoms with van der Waals surface area (Å²) in [7, 11) is 1.66. The Bertz CT molecular complexity index is 976. The van der Waals surface area contributed by atoms with Crippen molar-refractivity contribution in [2.24, 2.45) is 0 Å². The predicted molar refractivity (Wildman–Crippen MR) is 129 cm³/mol. The number of piperazine rings is 1. The molecule has 0 unspecified atom stereocenters. The summed E-state index contributed by atoms with van der Waals surface area (Å²) >= 11 is 1.51. The monoisotopic (exact) mass is 471 g/mol. The van der Waals surface area contributed by atoms with Gasteiger partial charge in [-0.15, -0.1) is 11.3 Å². The van der Waals surface area contributed by atoms with E-state index in [9.17, 15) is 9.59 Å². The molecule has 3 heterocycles. The van der Waals surface area contributed by atoms with Crippen molar-refractivity contribution in [2.45, 2.75) is 39.3 Å². The number of carbonyl (C=O) groups is 2. The maximum atomic E-state index is 12.8. The van der Waals surface area contributed by atoms with Gasteiger partial charge in [0.2, 0.25) is 5.91 Å². The van der Waals surface area contributed by atoms with Crippen LogP contribution in [0.3, 0.4) is 0 Å². The normalized spacial score (nSPS) is 17.8. The molecule has 0 aliphatic carbocycles. The molecule has 4 rings (SSSR count). The highest BCUT2D eigenvalue weighted by Gasteiger charge is 2.27. The lowest BCUT2D eigenvalue weighted by atomic mass is 10.1. The molecule has 2 aliphatic heterocycles. The van der Waals surface area contributed by atoms with Crippen molar-refractivity contribution in [1.82, 2.24) is 14.7 Å². The number of ether oxygens (including phenoxy) is 2. The molecule has 0 spiro atoms. The molecule has 8 heteroatoms. The zero-order valence-electron chi connectivity index (χ0n) is 19.7. The molecule has 2 aliphatic rings. The summed E-state index contributed by atoms with van der Waals surface area (Å²) < 4.78 is 11.9. The Morgan fingerprint density at radius 1 is 1.00 bits per heavy atom. The Balaban J connectivity index is 1.34. The van der Waals surface area contributed by atoms with Crippen molar-refractivity contribution >= 4 is 23.2 Å². The van der Waals surface area contributed by atoms with Gasteiger partial charge in [0.05, 0.1) is 12.0 Å². The fraction of sp³-hybridized carbons (Fsp3) is 0.520. The van der Waals surface area contributed by atoms with Crippen LogP contribution in [0.25, 0.3) is 0 Å². The lowest BCUT2D eigenvalue weighted by molar-refractivity contribution is -0.130. The maximum Gasteiger partial charge on any atom is 0.264 e. The maximum absolute atomic E-state index is 12.8. The van der Waals surface area contributed by atoms with E-state index in [2.05, 4.69) is 17.0 Å². The van der Waals surface area contributed by atoms with Gasteiger partial charge in [-0.2, -0.15) is 0 Å². The second kappa shape index (κ2) is 10.6. The summed E-state index contributed by atoms with van der Waals surface area (Å²) in [5, 5.41) is 1.97. The molecule has 0 atom stereocenters. The van der Waals surface area contributed by atoms with Crippen LogP contribution in [0.15, 0.2) is 29.6 Å². The number of thiophene rings is 1. The van der Waals surface area contributed by atoms with Crippen molar-refractivity contribution in [1.29, 1.82) is 0 Å². The quantitative estimate of drug-likeness (QED) is 0.646. The number of rotatable bonds is 6. The fourth-order valence-corrected chi connectivity index (χ4v) is 5.37. The first-order chi connectivity index (χ1) is 15.9. The number of aryl methyl sites for hydroxylation is 1. The first-order valence-corrected chi connectivity index (χ1v) is 12.5. The number of likely N-dealkylation sites (tertiary alicyclic amines) is 1. The zero-order chi connectivity index (χ0) is 23.4. The molecular weight excluding hydrogens is 438 g/mol. The van der Waals surface area contributed by atoms with Crippen LogP contribution in [0.4, 0.5) is 0 Å². The van der Waals surface area contributed by atoms with E-state index in [0.29, 0.717) is 13.1 Å². The van der Waals surface area contributed by atoms with Crippen LogP contribution < -0.4 is 9.47 Å². The Hall–Kier alpha value is -2.58. The first kappa shape index (κ1) is 23.6. The molecule has 2 amide bonds. The Morgan fingerprint density at radius 3 is 2.33 bits per heavy atom. The number of amides is 2. The second-order valence-corrected chi connectivity index (χ2v) is 9.73. The number of hydrogen-bond acceptors (Lipinski definition) is 6. The molecule has 2 fully saturated rings. The van der Waals surface area contributed by atoms with E-state index in [1.165, 1.54) is 16.9 Å². The third kappa shape index (κ3) is 5.68. The minimum Gasteiger partial charge on any atom is -0.493 e. The van der Waals surface area contributed by atoms with Gasteiger partial charge in [-0.1, -0.05) is 6.07 Å². The largest absolute Gasteiger partial charge is 0.493 e. The number of nitrogens with zero attached hydrogens (tertiary/aromatic N) is 3. The van der Waals surface area contributed by atoms with Gasteiger partial charge >= 0.3 is 0 Å². The summed E-state index contributed by atoms with van der Waals surface area (Å²) in [6, 6.07) is 8.11. The van der Waals surface area contributed by atoms with Crippen LogP contribution in [-0.4, -0.2) is 79.0 Å². The van der Waals surface area contributed by atoms with Crippen molar-refractivity contribution < 1.29 is 19.1 Å². The Kier molecular flexibility index (Phi) is 7.55. The average molecular weight is 472 g/mol. The van der Waals surface area contributed by atoms with E-state index in [-0.39, 0.29) is 17.9 Å². The van der Waals surface area contributed by atoms with E-state index in [4.69, 9.17) is 9.47 Å². The molecule has 0 radical (unpaired) electrons. The minimum atomic E-state index is 0.0572. The van der Waals surface area contributed by atoms with Crippen molar-refractivity contribution in [3.05, 3.63) is 45.6 Å². The smallest absolute Gasteiger partial charge is 0.264 e. The van der Waals surface area contributed by atoms with Gasteiger partial charge in [-0.05, 0) is 41.6 Å². The molecule has 2 saturated heterocycles. The van der Waals surface area contributed by atoms with Gasteiger partial charge in [-0.25, -0.2) is 0 Å². The van der Waals surface area contributed by atoms with Crippen molar-refractivity contribution in [2.75, 3.05) is 46.4 Å². The van der Waals surface area contributed by atoms with Crippen LogP contribution in [-0.2, 0) is 11.3 Å². The summed E-state index contributed by atoms with van der Waals surface area (Å²) in [5.74, 6) is 1.77. The fourth-order valence-electron chi connectivity index (χ4n) is 4.48. The van der Waals surface area contributed by atoms with Crippen LogP contribution in [0.2, 0.25) is 0 Å². The first-order valence-electron chi connectivity index (χ1n) is 11.6. The van der Waals surface area contributed by atoms with Gasteiger partial charge < -0.3 is 19.3 Å². The van der Waals surface area contributed by atoms with Crippen LogP contribution >= 0.6 is 11.3 Å². The van der Waals surface area contributed by atoms with Gasteiger partial charge in [0, 0.05) is 65.6 Å². The highest BCUT2D eigenvalue weighted by molar-refractivity contribution is 7.12. The van der Waals surface area contributed by atoms with Crippen LogP contribution in [0, 0.1) is 6.92 Å². The molecular formula is C25H33N3O4S. The molecule has 7 nitrogen and oxygen atoms in total. The lowest BCUT2D eigenvalue weighted by Gasteiger charge is -2.34. The summed E-state index contributed by atoms with van der Waals surface area (Å²) in [4.78, 5) is 31.4. The van der Waals surface area contributed by atoms with E-state index in [0.717, 1.165) is 67.5 Å². The molecule has 33 heavy (non-hydrogen) atoms. The molecule has 0 saturated carbocycles. The molecule has 0 bridgehead atoms. The van der Waals surface area contributed by atoms with Crippen molar-refractivity contribution in [3.63, 3.8) is 0 Å².